The van der Waals surface area contributed by atoms with E-state index in [1.54, 1.807) is 13.3 Å². The zero-order valence-electron chi connectivity index (χ0n) is 11.0. The predicted molar refractivity (Wildman–Crippen MR) is 73.6 cm³/mol. The molecule has 102 valence electrons. The highest BCUT2D eigenvalue weighted by molar-refractivity contribution is 6.28. The fourth-order valence-electron chi connectivity index (χ4n) is 2.59. The monoisotopic (exact) mass is 281 g/mol. The second kappa shape index (κ2) is 4.61. The first-order valence-electron chi connectivity index (χ1n) is 6.28. The van der Waals surface area contributed by atoms with Crippen LogP contribution in [0.5, 0.6) is 0 Å². The van der Waals surface area contributed by atoms with Gasteiger partial charge in [0.15, 0.2) is 5.65 Å². The van der Waals surface area contributed by atoms with Gasteiger partial charge in [-0.05, 0) is 31.4 Å². The van der Waals surface area contributed by atoms with Gasteiger partial charge in [0.1, 0.15) is 5.82 Å². The first-order chi connectivity index (χ1) is 9.11. The molecule has 0 aromatic carbocycles. The zero-order chi connectivity index (χ0) is 13.5. The Balaban J connectivity index is 2.01. The second-order valence-electron chi connectivity index (χ2n) is 5.13. The van der Waals surface area contributed by atoms with Crippen LogP contribution in [0.15, 0.2) is 6.20 Å². The van der Waals surface area contributed by atoms with Crippen molar-refractivity contribution >= 4 is 28.5 Å². The molecule has 1 saturated heterocycles. The lowest BCUT2D eigenvalue weighted by Crippen LogP contribution is -2.47. The third-order valence-electron chi connectivity index (χ3n) is 3.71. The summed E-state index contributed by atoms with van der Waals surface area (Å²) in [7, 11) is 1.75. The van der Waals surface area contributed by atoms with Crippen molar-refractivity contribution in [2.45, 2.75) is 25.4 Å². The highest BCUT2D eigenvalue weighted by Gasteiger charge is 2.32. The molecule has 0 radical (unpaired) electrons. The number of hydrogen-bond acceptors (Lipinski definition) is 5. The average molecular weight is 282 g/mol. The number of aromatic amines is 1. The van der Waals surface area contributed by atoms with Crippen molar-refractivity contribution in [3.05, 3.63) is 11.5 Å². The third kappa shape index (κ3) is 2.26. The lowest BCUT2D eigenvalue weighted by Gasteiger charge is -2.40. The summed E-state index contributed by atoms with van der Waals surface area (Å²) in [5, 5.41) is 7.97. The van der Waals surface area contributed by atoms with E-state index in [4.69, 9.17) is 16.3 Å². The summed E-state index contributed by atoms with van der Waals surface area (Å²) in [6.07, 6.45) is 3.85. The topological polar surface area (TPSA) is 66.9 Å². The summed E-state index contributed by atoms with van der Waals surface area (Å²) in [6, 6.07) is 0. The van der Waals surface area contributed by atoms with Crippen LogP contribution < -0.4 is 4.90 Å². The number of H-pyrrole nitrogens is 1. The number of nitrogens with one attached hydrogen (secondary N) is 1. The van der Waals surface area contributed by atoms with Crippen molar-refractivity contribution in [3.8, 4) is 0 Å². The number of halogens is 1. The van der Waals surface area contributed by atoms with Crippen LogP contribution in [-0.2, 0) is 4.74 Å². The number of piperidine rings is 1. The third-order valence-corrected chi connectivity index (χ3v) is 3.88. The number of ether oxygens (including phenoxy) is 1. The van der Waals surface area contributed by atoms with Crippen molar-refractivity contribution in [1.29, 1.82) is 0 Å². The lowest BCUT2D eigenvalue weighted by molar-refractivity contribution is -0.00475. The summed E-state index contributed by atoms with van der Waals surface area (Å²) in [5.74, 6) is 0.826. The standard InChI is InChI=1S/C12H16ClN5O/c1-12(19-2)4-3-5-18(7-12)10-8-6-14-17-9(8)15-11(13)16-10/h6H,3-5,7H2,1-2H3,(H,14,15,16,17). The molecule has 0 aliphatic carbocycles. The van der Waals surface area contributed by atoms with Crippen LogP contribution >= 0.6 is 11.6 Å². The Hall–Kier alpha value is -1.40. The van der Waals surface area contributed by atoms with Gasteiger partial charge >= 0.3 is 0 Å². The van der Waals surface area contributed by atoms with Crippen LogP contribution in [-0.4, -0.2) is 46.0 Å². The van der Waals surface area contributed by atoms with Gasteiger partial charge in [0.25, 0.3) is 0 Å². The first-order valence-corrected chi connectivity index (χ1v) is 6.66. The van der Waals surface area contributed by atoms with Crippen molar-refractivity contribution in [3.63, 3.8) is 0 Å². The fraction of sp³-hybridized carbons (Fsp3) is 0.583. The van der Waals surface area contributed by atoms with Gasteiger partial charge < -0.3 is 9.64 Å². The van der Waals surface area contributed by atoms with E-state index in [2.05, 4.69) is 32.0 Å². The smallest absolute Gasteiger partial charge is 0.226 e. The molecular weight excluding hydrogens is 266 g/mol. The second-order valence-corrected chi connectivity index (χ2v) is 5.47. The Morgan fingerprint density at radius 1 is 1.47 bits per heavy atom. The quantitative estimate of drug-likeness (QED) is 0.853. The van der Waals surface area contributed by atoms with Gasteiger partial charge in [0.2, 0.25) is 5.28 Å². The maximum Gasteiger partial charge on any atom is 0.226 e. The largest absolute Gasteiger partial charge is 0.377 e. The van der Waals surface area contributed by atoms with Crippen LogP contribution in [0.1, 0.15) is 19.8 Å². The number of fused-ring (bicyclic) bond motifs is 1. The normalized spacial score (nSPS) is 24.1. The van der Waals surface area contributed by atoms with E-state index in [0.29, 0.717) is 5.65 Å². The molecule has 0 bridgehead atoms. The molecule has 1 aliphatic rings. The molecule has 3 heterocycles. The Morgan fingerprint density at radius 2 is 2.32 bits per heavy atom. The van der Waals surface area contributed by atoms with E-state index in [0.717, 1.165) is 37.1 Å². The minimum Gasteiger partial charge on any atom is -0.377 e. The minimum absolute atomic E-state index is 0.147. The van der Waals surface area contributed by atoms with E-state index in [1.807, 2.05) is 0 Å². The van der Waals surface area contributed by atoms with Gasteiger partial charge in [-0.15, -0.1) is 0 Å². The van der Waals surface area contributed by atoms with Crippen LogP contribution in [0.3, 0.4) is 0 Å². The van der Waals surface area contributed by atoms with Gasteiger partial charge in [-0.1, -0.05) is 0 Å². The molecule has 0 amide bonds. The summed E-state index contributed by atoms with van der Waals surface area (Å²) in [6.45, 7) is 3.85. The van der Waals surface area contributed by atoms with Crippen LogP contribution in [0.25, 0.3) is 11.0 Å². The number of anilines is 1. The van der Waals surface area contributed by atoms with Gasteiger partial charge in [0.05, 0.1) is 17.2 Å². The Labute approximate surface area is 116 Å². The first kappa shape index (κ1) is 12.6. The Morgan fingerprint density at radius 3 is 3.11 bits per heavy atom. The summed E-state index contributed by atoms with van der Waals surface area (Å²) in [4.78, 5) is 10.7. The molecule has 1 N–H and O–H groups in total. The number of rotatable bonds is 2. The van der Waals surface area contributed by atoms with E-state index in [9.17, 15) is 0 Å². The van der Waals surface area contributed by atoms with Crippen LogP contribution in [0.4, 0.5) is 5.82 Å². The van der Waals surface area contributed by atoms with Crippen molar-refractivity contribution in [2.75, 3.05) is 25.1 Å². The van der Waals surface area contributed by atoms with Gasteiger partial charge in [-0.25, -0.2) is 0 Å². The van der Waals surface area contributed by atoms with E-state index in [-0.39, 0.29) is 10.9 Å². The number of aromatic nitrogens is 4. The molecule has 7 heteroatoms. The maximum atomic E-state index is 5.98. The van der Waals surface area contributed by atoms with E-state index >= 15 is 0 Å². The SMILES string of the molecule is COC1(C)CCCN(c2nc(Cl)nc3[nH]ncc23)C1. The molecule has 6 nitrogen and oxygen atoms in total. The Kier molecular flexibility index (Phi) is 3.06. The lowest BCUT2D eigenvalue weighted by atomic mass is 9.94. The molecule has 1 aliphatic heterocycles. The van der Waals surface area contributed by atoms with E-state index in [1.165, 1.54) is 0 Å². The highest BCUT2D eigenvalue weighted by Crippen LogP contribution is 2.30. The van der Waals surface area contributed by atoms with Crippen molar-refractivity contribution in [1.82, 2.24) is 20.2 Å². The highest BCUT2D eigenvalue weighted by atomic mass is 35.5. The summed E-state index contributed by atoms with van der Waals surface area (Å²) >= 11 is 5.98. The minimum atomic E-state index is -0.147. The molecule has 3 rings (SSSR count). The molecule has 2 aromatic heterocycles. The maximum absolute atomic E-state index is 5.98. The van der Waals surface area contributed by atoms with Gasteiger partial charge in [0, 0.05) is 20.2 Å². The van der Waals surface area contributed by atoms with Crippen LogP contribution in [0.2, 0.25) is 5.28 Å². The molecular formula is C12H16ClN5O. The molecule has 1 fully saturated rings. The molecule has 1 atom stereocenters. The number of methoxy groups -OCH3 is 1. The van der Waals surface area contributed by atoms with Crippen molar-refractivity contribution < 1.29 is 4.74 Å². The molecule has 2 aromatic rings. The number of hydrogen-bond donors (Lipinski definition) is 1. The average Bonchev–Trinajstić information content (AvgIpc) is 2.86. The van der Waals surface area contributed by atoms with Gasteiger partial charge in [-0.3, -0.25) is 5.10 Å². The van der Waals surface area contributed by atoms with Crippen LogP contribution in [0, 0.1) is 0 Å². The fourth-order valence-corrected chi connectivity index (χ4v) is 2.75. The van der Waals surface area contributed by atoms with Crippen molar-refractivity contribution in [2.24, 2.45) is 0 Å². The predicted octanol–water partition coefficient (Wildman–Crippen LogP) is 2.01. The Bertz CT molecular complexity index is 601. The molecule has 0 saturated carbocycles. The van der Waals surface area contributed by atoms with Gasteiger partial charge in [-0.2, -0.15) is 15.1 Å². The summed E-state index contributed by atoms with van der Waals surface area (Å²) < 4.78 is 5.61. The van der Waals surface area contributed by atoms with E-state index < -0.39 is 0 Å². The number of nitrogens with zero attached hydrogens (tertiary/aromatic N) is 4. The molecule has 0 spiro atoms. The zero-order valence-corrected chi connectivity index (χ0v) is 11.7. The summed E-state index contributed by atoms with van der Waals surface area (Å²) in [5.41, 5.74) is 0.519. The molecule has 19 heavy (non-hydrogen) atoms. The molecule has 1 unspecified atom stereocenters.